The number of hydrogen-bond acceptors (Lipinski definition) is 5. The third-order valence-corrected chi connectivity index (χ3v) is 6.48. The minimum absolute atomic E-state index is 0.158. The summed E-state index contributed by atoms with van der Waals surface area (Å²) >= 11 is 3.20. The van der Waals surface area contributed by atoms with Gasteiger partial charge in [-0.05, 0) is 41.1 Å². The van der Waals surface area contributed by atoms with Crippen molar-refractivity contribution in [2.24, 2.45) is 0 Å². The topological polar surface area (TPSA) is 54.5 Å². The molecule has 4 nitrogen and oxygen atoms in total. The number of benzene rings is 1. The molecule has 0 saturated carbocycles. The highest BCUT2D eigenvalue weighted by molar-refractivity contribution is 7.90. The lowest BCUT2D eigenvalue weighted by Gasteiger charge is -2.22. The Hall–Kier alpha value is -1.96. The summed E-state index contributed by atoms with van der Waals surface area (Å²) in [6.45, 7) is 0.995. The summed E-state index contributed by atoms with van der Waals surface area (Å²) in [6.07, 6.45) is 1.14. The van der Waals surface area contributed by atoms with Crippen LogP contribution in [-0.2, 0) is 22.9 Å². The van der Waals surface area contributed by atoms with Gasteiger partial charge in [-0.2, -0.15) is 0 Å². The number of carbonyl (C=O) groups excluding carboxylic acids is 1. The minimum atomic E-state index is -3.35. The molecule has 3 aromatic rings. The third kappa shape index (κ3) is 4.56. The van der Waals surface area contributed by atoms with E-state index in [1.165, 1.54) is 12.1 Å². The summed E-state index contributed by atoms with van der Waals surface area (Å²) in [5.41, 5.74) is 0.385. The maximum atomic E-state index is 13.0. The summed E-state index contributed by atoms with van der Waals surface area (Å²) in [5.74, 6) is -0.174. The summed E-state index contributed by atoms with van der Waals surface area (Å²) < 4.78 is 23.5. The Labute approximate surface area is 155 Å². The molecule has 2 heterocycles. The zero-order valence-corrected chi connectivity index (χ0v) is 16.0. The highest BCUT2D eigenvalue weighted by Crippen LogP contribution is 2.20. The van der Waals surface area contributed by atoms with E-state index in [0.29, 0.717) is 18.7 Å². The van der Waals surface area contributed by atoms with Crippen molar-refractivity contribution in [3.63, 3.8) is 0 Å². The fourth-order valence-corrected chi connectivity index (χ4v) is 4.53. The Balaban J connectivity index is 1.90. The van der Waals surface area contributed by atoms with E-state index in [-0.39, 0.29) is 10.8 Å². The first-order valence-electron chi connectivity index (χ1n) is 7.57. The molecule has 0 aliphatic heterocycles. The van der Waals surface area contributed by atoms with Crippen molar-refractivity contribution in [1.82, 2.24) is 4.90 Å². The number of carbonyl (C=O) groups is 1. The summed E-state index contributed by atoms with van der Waals surface area (Å²) in [6, 6.07) is 14.1. The van der Waals surface area contributed by atoms with E-state index in [0.717, 1.165) is 16.0 Å². The number of amides is 1. The van der Waals surface area contributed by atoms with Crippen molar-refractivity contribution in [2.75, 3.05) is 6.26 Å². The zero-order chi connectivity index (χ0) is 17.9. The lowest BCUT2D eigenvalue weighted by molar-refractivity contribution is 0.0733. The molecule has 0 unspecified atom stereocenters. The Kier molecular flexibility index (Phi) is 5.36. The maximum absolute atomic E-state index is 13.0. The monoisotopic (exact) mass is 391 g/mol. The molecule has 0 aliphatic carbocycles. The van der Waals surface area contributed by atoms with Gasteiger partial charge >= 0.3 is 0 Å². The highest BCUT2D eigenvalue weighted by atomic mass is 32.2. The second-order valence-electron chi connectivity index (χ2n) is 5.62. The first-order valence-corrected chi connectivity index (χ1v) is 11.2. The van der Waals surface area contributed by atoms with Gasteiger partial charge in [-0.15, -0.1) is 22.7 Å². The van der Waals surface area contributed by atoms with E-state index in [1.54, 1.807) is 39.7 Å². The van der Waals surface area contributed by atoms with Crippen LogP contribution in [0.1, 0.15) is 20.1 Å². The molecule has 25 heavy (non-hydrogen) atoms. The normalized spacial score (nSPS) is 11.4. The standard InChI is InChI=1S/C18H17NO3S3/c1-25(21,22)17-8-2-5-14(11-17)18(20)19(12-15-6-3-9-23-15)13-16-7-4-10-24-16/h2-11H,12-13H2,1H3. The lowest BCUT2D eigenvalue weighted by atomic mass is 10.2. The molecular formula is C18H17NO3S3. The average Bonchev–Trinajstić information content (AvgIpc) is 3.27. The number of thiophene rings is 2. The van der Waals surface area contributed by atoms with E-state index in [9.17, 15) is 13.2 Å². The number of rotatable bonds is 6. The van der Waals surface area contributed by atoms with Gasteiger partial charge in [-0.25, -0.2) is 8.42 Å². The predicted molar refractivity (Wildman–Crippen MR) is 102 cm³/mol. The lowest BCUT2D eigenvalue weighted by Crippen LogP contribution is -2.29. The van der Waals surface area contributed by atoms with Gasteiger partial charge in [-0.3, -0.25) is 4.79 Å². The van der Waals surface area contributed by atoms with Crippen LogP contribution in [0.15, 0.2) is 64.2 Å². The predicted octanol–water partition coefficient (Wildman–Crippen LogP) is 4.06. The molecule has 1 amide bonds. The summed E-state index contributed by atoms with van der Waals surface area (Å²) in [4.78, 5) is 17.1. The van der Waals surface area contributed by atoms with Gasteiger partial charge in [-0.1, -0.05) is 18.2 Å². The van der Waals surface area contributed by atoms with Gasteiger partial charge in [0.25, 0.3) is 5.91 Å². The molecule has 7 heteroatoms. The highest BCUT2D eigenvalue weighted by Gasteiger charge is 2.19. The molecule has 0 atom stereocenters. The molecule has 3 rings (SSSR count). The molecule has 0 aliphatic rings. The molecule has 0 saturated heterocycles. The molecule has 0 N–H and O–H groups in total. The van der Waals surface area contributed by atoms with E-state index in [2.05, 4.69) is 0 Å². The smallest absolute Gasteiger partial charge is 0.254 e. The quantitative estimate of drug-likeness (QED) is 0.637. The third-order valence-electron chi connectivity index (χ3n) is 3.65. The SMILES string of the molecule is CS(=O)(=O)c1cccc(C(=O)N(Cc2cccs2)Cc2cccs2)c1. The maximum Gasteiger partial charge on any atom is 0.254 e. The average molecular weight is 392 g/mol. The van der Waals surface area contributed by atoms with Gasteiger partial charge in [0.15, 0.2) is 9.84 Å². The van der Waals surface area contributed by atoms with Crippen LogP contribution in [0.3, 0.4) is 0 Å². The van der Waals surface area contributed by atoms with Crippen molar-refractivity contribution >= 4 is 38.4 Å². The Morgan fingerprint density at radius 2 is 1.56 bits per heavy atom. The van der Waals surface area contributed by atoms with Crippen molar-refractivity contribution in [3.05, 3.63) is 74.6 Å². The van der Waals surface area contributed by atoms with Crippen LogP contribution >= 0.6 is 22.7 Å². The van der Waals surface area contributed by atoms with E-state index >= 15 is 0 Å². The van der Waals surface area contributed by atoms with E-state index in [4.69, 9.17) is 0 Å². The summed E-state index contributed by atoms with van der Waals surface area (Å²) in [5, 5.41) is 3.96. The Morgan fingerprint density at radius 3 is 2.04 bits per heavy atom. The second-order valence-corrected chi connectivity index (χ2v) is 9.70. The van der Waals surface area contributed by atoms with Gasteiger partial charge < -0.3 is 4.90 Å². The van der Waals surface area contributed by atoms with Crippen LogP contribution in [0.5, 0.6) is 0 Å². The van der Waals surface area contributed by atoms with Crippen LogP contribution < -0.4 is 0 Å². The van der Waals surface area contributed by atoms with Crippen LogP contribution in [0.2, 0.25) is 0 Å². The van der Waals surface area contributed by atoms with Crippen molar-refractivity contribution < 1.29 is 13.2 Å². The molecule has 2 aromatic heterocycles. The van der Waals surface area contributed by atoms with Crippen molar-refractivity contribution in [3.8, 4) is 0 Å². The molecule has 0 fully saturated rings. The van der Waals surface area contributed by atoms with Crippen molar-refractivity contribution in [2.45, 2.75) is 18.0 Å². The number of hydrogen-bond donors (Lipinski definition) is 0. The molecule has 0 spiro atoms. The van der Waals surface area contributed by atoms with E-state index in [1.807, 2.05) is 35.0 Å². The van der Waals surface area contributed by atoms with Gasteiger partial charge in [0, 0.05) is 21.6 Å². The zero-order valence-electron chi connectivity index (χ0n) is 13.6. The van der Waals surface area contributed by atoms with Gasteiger partial charge in [0.2, 0.25) is 0 Å². The van der Waals surface area contributed by atoms with Crippen LogP contribution in [0.4, 0.5) is 0 Å². The van der Waals surface area contributed by atoms with Crippen LogP contribution in [-0.4, -0.2) is 25.5 Å². The molecule has 0 radical (unpaired) electrons. The number of nitrogens with zero attached hydrogens (tertiary/aromatic N) is 1. The van der Waals surface area contributed by atoms with Crippen LogP contribution in [0.25, 0.3) is 0 Å². The summed E-state index contributed by atoms with van der Waals surface area (Å²) in [7, 11) is -3.35. The minimum Gasteiger partial charge on any atom is -0.328 e. The Morgan fingerprint density at radius 1 is 0.960 bits per heavy atom. The van der Waals surface area contributed by atoms with Crippen LogP contribution in [0, 0.1) is 0 Å². The van der Waals surface area contributed by atoms with E-state index < -0.39 is 9.84 Å². The second kappa shape index (κ2) is 7.51. The molecule has 130 valence electrons. The van der Waals surface area contributed by atoms with Crippen molar-refractivity contribution in [1.29, 1.82) is 0 Å². The molecule has 1 aromatic carbocycles. The molecular weight excluding hydrogens is 374 g/mol. The molecule has 0 bridgehead atoms. The fraction of sp³-hybridized carbons (Fsp3) is 0.167. The van der Waals surface area contributed by atoms with Gasteiger partial charge in [0.05, 0.1) is 18.0 Å². The fourth-order valence-electron chi connectivity index (χ4n) is 2.42. The van der Waals surface area contributed by atoms with Gasteiger partial charge in [0.1, 0.15) is 0 Å². The first kappa shape index (κ1) is 17.8. The first-order chi connectivity index (χ1) is 11.9. The number of sulfone groups is 1. The Bertz CT molecular complexity index is 909. The largest absolute Gasteiger partial charge is 0.328 e.